The van der Waals surface area contributed by atoms with Gasteiger partial charge in [0.05, 0.1) is 16.7 Å². The van der Waals surface area contributed by atoms with Crippen LogP contribution in [0.3, 0.4) is 0 Å². The molecule has 3 aromatic rings. The van der Waals surface area contributed by atoms with Gasteiger partial charge in [-0.3, -0.25) is 0 Å². The fourth-order valence-corrected chi connectivity index (χ4v) is 4.22. The highest BCUT2D eigenvalue weighted by Gasteiger charge is 2.38. The van der Waals surface area contributed by atoms with Crippen molar-refractivity contribution in [3.8, 4) is 0 Å². The summed E-state index contributed by atoms with van der Waals surface area (Å²) in [4.78, 5) is 5.95. The van der Waals surface area contributed by atoms with Gasteiger partial charge in [0, 0.05) is 23.7 Å². The molecule has 2 nitrogen and oxygen atoms in total. The Morgan fingerprint density at radius 1 is 1.05 bits per heavy atom. The molecule has 1 aliphatic rings. The Balaban J connectivity index is 1.88. The molecule has 0 spiro atoms. The summed E-state index contributed by atoms with van der Waals surface area (Å²) in [5.41, 5.74) is 4.73. The normalized spacial score (nSPS) is 21.6. The lowest BCUT2D eigenvalue weighted by Gasteiger charge is -2.39. The van der Waals surface area contributed by atoms with E-state index in [-0.39, 0.29) is 5.54 Å². The van der Waals surface area contributed by atoms with E-state index in [0.717, 1.165) is 19.3 Å². The first-order valence-electron chi connectivity index (χ1n) is 6.99. The van der Waals surface area contributed by atoms with E-state index >= 15 is 0 Å². The van der Waals surface area contributed by atoms with Crippen LogP contribution in [0.4, 0.5) is 0 Å². The summed E-state index contributed by atoms with van der Waals surface area (Å²) in [6, 6.07) is 15.1. The summed E-state index contributed by atoms with van der Waals surface area (Å²) >= 11 is 1.80. The predicted molar refractivity (Wildman–Crippen MR) is 82.1 cm³/mol. The second kappa shape index (κ2) is 4.60. The highest BCUT2D eigenvalue weighted by Crippen LogP contribution is 2.40. The molecule has 20 heavy (non-hydrogen) atoms. The fraction of sp³-hybridized carbons (Fsp3) is 0.235. The minimum Gasteiger partial charge on any atom is -0.344 e. The molecular weight excluding hydrogens is 264 g/mol. The smallest absolute Gasteiger partial charge is 0.0797 e. The second-order valence-electron chi connectivity index (χ2n) is 5.39. The van der Waals surface area contributed by atoms with Gasteiger partial charge in [0.25, 0.3) is 0 Å². The molecule has 0 amide bonds. The van der Waals surface area contributed by atoms with E-state index in [4.69, 9.17) is 0 Å². The van der Waals surface area contributed by atoms with Crippen molar-refractivity contribution in [1.82, 2.24) is 9.55 Å². The van der Waals surface area contributed by atoms with Crippen LogP contribution in [0.25, 0.3) is 0 Å². The van der Waals surface area contributed by atoms with E-state index in [2.05, 4.69) is 64.4 Å². The highest BCUT2D eigenvalue weighted by atomic mass is 32.1. The minimum absolute atomic E-state index is 0.0459. The molecule has 0 saturated heterocycles. The number of aryl methyl sites for hydroxylation is 1. The monoisotopic (exact) mass is 280 g/mol. The Bertz CT molecular complexity index is 700. The molecule has 3 heteroatoms. The topological polar surface area (TPSA) is 17.8 Å². The van der Waals surface area contributed by atoms with Crippen molar-refractivity contribution in [3.05, 3.63) is 76.5 Å². The standard InChI is InChI=1S/C17H16N2S/c1-2-6-14(7-3-1)17(19-10-4-5-11-19)9-8-15-16(12-17)20-13-18-15/h1-7,10-11,13H,8-9,12H2. The molecule has 1 atom stereocenters. The highest BCUT2D eigenvalue weighted by molar-refractivity contribution is 7.09. The number of thiazole rings is 1. The van der Waals surface area contributed by atoms with Crippen LogP contribution in [0.15, 0.2) is 60.4 Å². The number of rotatable bonds is 2. The zero-order valence-electron chi connectivity index (χ0n) is 11.2. The number of benzene rings is 1. The Morgan fingerprint density at radius 2 is 1.85 bits per heavy atom. The van der Waals surface area contributed by atoms with E-state index in [1.807, 2.05) is 5.51 Å². The first kappa shape index (κ1) is 11.9. The van der Waals surface area contributed by atoms with Crippen LogP contribution in [0.5, 0.6) is 0 Å². The van der Waals surface area contributed by atoms with Crippen molar-refractivity contribution < 1.29 is 0 Å². The third kappa shape index (κ3) is 1.74. The number of aromatic nitrogens is 2. The predicted octanol–water partition coefficient (Wildman–Crippen LogP) is 3.88. The molecule has 0 bridgehead atoms. The van der Waals surface area contributed by atoms with E-state index < -0.39 is 0 Å². The van der Waals surface area contributed by atoms with Crippen LogP contribution in [0.1, 0.15) is 22.6 Å². The first-order chi connectivity index (χ1) is 9.88. The van der Waals surface area contributed by atoms with E-state index in [0.29, 0.717) is 0 Å². The van der Waals surface area contributed by atoms with E-state index in [9.17, 15) is 0 Å². The average molecular weight is 280 g/mol. The maximum atomic E-state index is 4.51. The minimum atomic E-state index is 0.0459. The van der Waals surface area contributed by atoms with Gasteiger partial charge in [0.15, 0.2) is 0 Å². The number of fused-ring (bicyclic) bond motifs is 1. The van der Waals surface area contributed by atoms with Crippen molar-refractivity contribution >= 4 is 11.3 Å². The Labute approximate surface area is 122 Å². The molecule has 1 unspecified atom stereocenters. The maximum absolute atomic E-state index is 4.51. The van der Waals surface area contributed by atoms with E-state index in [1.165, 1.54) is 16.1 Å². The molecule has 0 N–H and O–H groups in total. The molecule has 0 fully saturated rings. The summed E-state index contributed by atoms with van der Waals surface area (Å²) in [6.45, 7) is 0. The molecule has 2 heterocycles. The summed E-state index contributed by atoms with van der Waals surface area (Å²) in [5, 5.41) is 0. The Morgan fingerprint density at radius 3 is 2.65 bits per heavy atom. The molecule has 4 rings (SSSR count). The van der Waals surface area contributed by atoms with Crippen LogP contribution < -0.4 is 0 Å². The maximum Gasteiger partial charge on any atom is 0.0797 e. The second-order valence-corrected chi connectivity index (χ2v) is 6.33. The lowest BCUT2D eigenvalue weighted by Crippen LogP contribution is -2.39. The van der Waals surface area contributed by atoms with Crippen molar-refractivity contribution in [1.29, 1.82) is 0 Å². The van der Waals surface area contributed by atoms with Gasteiger partial charge >= 0.3 is 0 Å². The van der Waals surface area contributed by atoms with Crippen LogP contribution >= 0.6 is 11.3 Å². The van der Waals surface area contributed by atoms with Gasteiger partial charge in [0.1, 0.15) is 0 Å². The van der Waals surface area contributed by atoms with Gasteiger partial charge in [-0.05, 0) is 30.5 Å². The number of hydrogen-bond donors (Lipinski definition) is 0. The first-order valence-corrected chi connectivity index (χ1v) is 7.87. The third-order valence-corrected chi connectivity index (χ3v) is 5.24. The van der Waals surface area contributed by atoms with Crippen molar-refractivity contribution in [2.24, 2.45) is 0 Å². The summed E-state index contributed by atoms with van der Waals surface area (Å²) in [7, 11) is 0. The molecule has 0 saturated carbocycles. The van der Waals surface area contributed by atoms with Gasteiger partial charge < -0.3 is 4.57 Å². The Hall–Kier alpha value is -1.87. The number of nitrogens with zero attached hydrogens (tertiary/aromatic N) is 2. The molecular formula is C17H16N2S. The summed E-state index contributed by atoms with van der Waals surface area (Å²) in [5.74, 6) is 0. The molecule has 0 aliphatic heterocycles. The fourth-order valence-electron chi connectivity index (χ4n) is 3.30. The van der Waals surface area contributed by atoms with Gasteiger partial charge in [-0.25, -0.2) is 4.98 Å². The molecule has 0 radical (unpaired) electrons. The van der Waals surface area contributed by atoms with Crippen molar-refractivity contribution in [2.75, 3.05) is 0 Å². The Kier molecular flexibility index (Phi) is 2.74. The summed E-state index contributed by atoms with van der Waals surface area (Å²) < 4.78 is 2.38. The van der Waals surface area contributed by atoms with Crippen LogP contribution in [-0.4, -0.2) is 9.55 Å². The molecule has 1 aliphatic carbocycles. The van der Waals surface area contributed by atoms with Crippen LogP contribution in [-0.2, 0) is 18.4 Å². The molecule has 2 aromatic heterocycles. The zero-order valence-corrected chi connectivity index (χ0v) is 12.0. The average Bonchev–Trinajstić information content (AvgIpc) is 3.18. The van der Waals surface area contributed by atoms with Crippen molar-refractivity contribution in [2.45, 2.75) is 24.8 Å². The van der Waals surface area contributed by atoms with Crippen molar-refractivity contribution in [3.63, 3.8) is 0 Å². The van der Waals surface area contributed by atoms with Gasteiger partial charge in [-0.15, -0.1) is 11.3 Å². The molecule has 1 aromatic carbocycles. The van der Waals surface area contributed by atoms with Crippen LogP contribution in [0.2, 0.25) is 0 Å². The number of hydrogen-bond acceptors (Lipinski definition) is 2. The van der Waals surface area contributed by atoms with E-state index in [1.54, 1.807) is 11.3 Å². The van der Waals surface area contributed by atoms with Gasteiger partial charge in [-0.1, -0.05) is 30.3 Å². The SMILES string of the molecule is c1ccc(C2(n3cccc3)CCc3ncsc3C2)cc1. The zero-order chi connectivity index (χ0) is 13.4. The van der Waals surface area contributed by atoms with Gasteiger partial charge in [0.2, 0.25) is 0 Å². The lowest BCUT2D eigenvalue weighted by molar-refractivity contribution is 0.311. The quantitative estimate of drug-likeness (QED) is 0.696. The molecule has 100 valence electrons. The largest absolute Gasteiger partial charge is 0.344 e. The third-order valence-electron chi connectivity index (χ3n) is 4.36. The summed E-state index contributed by atoms with van der Waals surface area (Å²) in [6.07, 6.45) is 7.61. The lowest BCUT2D eigenvalue weighted by atomic mass is 9.77. The van der Waals surface area contributed by atoms with Gasteiger partial charge in [-0.2, -0.15) is 0 Å². The van der Waals surface area contributed by atoms with Crippen LogP contribution in [0, 0.1) is 0 Å².